The first kappa shape index (κ1) is 12.4. The summed E-state index contributed by atoms with van der Waals surface area (Å²) in [7, 11) is 0. The average Bonchev–Trinajstić information content (AvgIpc) is 2.74. The van der Waals surface area contributed by atoms with E-state index in [0.717, 1.165) is 0 Å². The number of nitrogens with zero attached hydrogens (tertiary/aromatic N) is 2. The molecule has 0 atom stereocenters. The fraction of sp³-hybridized carbons (Fsp3) is 0.182. The second-order valence-corrected chi connectivity index (χ2v) is 4.02. The van der Waals surface area contributed by atoms with Crippen molar-refractivity contribution in [2.24, 2.45) is 0 Å². The number of hydrogen-bond donors (Lipinski definition) is 2. The molecule has 0 spiro atoms. The molecule has 0 unspecified atom stereocenters. The predicted octanol–water partition coefficient (Wildman–Crippen LogP) is 2.34. The Morgan fingerprint density at radius 2 is 2.33 bits per heavy atom. The topological polar surface area (TPSA) is 88.2 Å². The minimum atomic E-state index is -1.17. The lowest BCUT2D eigenvalue weighted by Crippen LogP contribution is -2.06. The minimum absolute atomic E-state index is 0.102. The molecule has 0 bridgehead atoms. The van der Waals surface area contributed by atoms with Gasteiger partial charge in [0.05, 0.1) is 11.6 Å². The molecule has 18 heavy (non-hydrogen) atoms. The molecule has 2 aromatic rings. The molecule has 0 saturated carbocycles. The lowest BCUT2D eigenvalue weighted by Gasteiger charge is -2.05. The Labute approximate surface area is 108 Å². The highest BCUT2D eigenvalue weighted by Gasteiger charge is 2.11. The molecule has 2 N–H and O–H groups in total. The van der Waals surface area contributed by atoms with Crippen LogP contribution in [0.25, 0.3) is 0 Å². The third-order valence-corrected chi connectivity index (χ3v) is 2.48. The van der Waals surface area contributed by atoms with Crippen molar-refractivity contribution in [1.82, 2.24) is 10.1 Å². The van der Waals surface area contributed by atoms with Gasteiger partial charge in [0.2, 0.25) is 0 Å². The van der Waals surface area contributed by atoms with Crippen molar-refractivity contribution < 1.29 is 14.4 Å². The van der Waals surface area contributed by atoms with E-state index in [-0.39, 0.29) is 10.7 Å². The van der Waals surface area contributed by atoms with E-state index in [1.54, 1.807) is 19.1 Å². The van der Waals surface area contributed by atoms with Crippen molar-refractivity contribution in [2.45, 2.75) is 13.5 Å². The first-order valence-electron chi connectivity index (χ1n) is 5.12. The van der Waals surface area contributed by atoms with Crippen LogP contribution in [0.1, 0.15) is 21.9 Å². The first-order chi connectivity index (χ1) is 8.56. The fourth-order valence-electron chi connectivity index (χ4n) is 1.37. The second kappa shape index (κ2) is 5.05. The first-order valence-corrected chi connectivity index (χ1v) is 5.50. The number of rotatable bonds is 4. The van der Waals surface area contributed by atoms with Gasteiger partial charge in [0.1, 0.15) is 17.3 Å². The maximum absolute atomic E-state index is 10.8. The normalized spacial score (nSPS) is 10.3. The molecular formula is C11H10ClN3O3. The van der Waals surface area contributed by atoms with Crippen molar-refractivity contribution in [3.63, 3.8) is 0 Å². The summed E-state index contributed by atoms with van der Waals surface area (Å²) in [6.07, 6.45) is 0. The Kier molecular flexibility index (Phi) is 3.47. The molecule has 0 aliphatic carbocycles. The summed E-state index contributed by atoms with van der Waals surface area (Å²) < 4.78 is 4.91. The molecule has 0 aromatic carbocycles. The van der Waals surface area contributed by atoms with E-state index < -0.39 is 5.97 Å². The average molecular weight is 268 g/mol. The SMILES string of the molecule is Cc1cc(CNc2ccc(Cl)c(C(=O)O)n2)no1. The van der Waals surface area contributed by atoms with Gasteiger partial charge in [-0.15, -0.1) is 0 Å². The number of anilines is 1. The standard InChI is InChI=1S/C11H10ClN3O3/c1-6-4-7(15-18-6)5-13-9-3-2-8(12)10(14-9)11(16)17/h2-4H,5H2,1H3,(H,13,14)(H,16,17). The van der Waals surface area contributed by atoms with Crippen LogP contribution >= 0.6 is 11.6 Å². The smallest absolute Gasteiger partial charge is 0.356 e. The highest BCUT2D eigenvalue weighted by Crippen LogP contribution is 2.17. The molecule has 2 heterocycles. The molecule has 0 saturated heterocycles. The van der Waals surface area contributed by atoms with Crippen LogP contribution in [0.5, 0.6) is 0 Å². The summed E-state index contributed by atoms with van der Waals surface area (Å²) in [5, 5.41) is 15.7. The summed E-state index contributed by atoms with van der Waals surface area (Å²) in [4.78, 5) is 14.7. The monoisotopic (exact) mass is 267 g/mol. The van der Waals surface area contributed by atoms with E-state index in [1.165, 1.54) is 6.07 Å². The van der Waals surface area contributed by atoms with Crippen LogP contribution < -0.4 is 5.32 Å². The fourth-order valence-corrected chi connectivity index (χ4v) is 1.56. The number of carboxylic acid groups (broad SMARTS) is 1. The highest BCUT2D eigenvalue weighted by molar-refractivity contribution is 6.33. The zero-order chi connectivity index (χ0) is 13.1. The predicted molar refractivity (Wildman–Crippen MR) is 64.8 cm³/mol. The third kappa shape index (κ3) is 2.78. The maximum atomic E-state index is 10.8. The number of carboxylic acids is 1. The third-order valence-electron chi connectivity index (χ3n) is 2.18. The van der Waals surface area contributed by atoms with Crippen molar-refractivity contribution in [3.05, 3.63) is 40.4 Å². The van der Waals surface area contributed by atoms with Crippen LogP contribution in [0, 0.1) is 6.92 Å². The Morgan fingerprint density at radius 1 is 1.56 bits per heavy atom. The van der Waals surface area contributed by atoms with Crippen LogP contribution in [0.15, 0.2) is 22.7 Å². The van der Waals surface area contributed by atoms with Crippen LogP contribution in [-0.4, -0.2) is 21.2 Å². The summed E-state index contributed by atoms with van der Waals surface area (Å²) in [6, 6.07) is 4.86. The van der Waals surface area contributed by atoms with Crippen LogP contribution in [0.2, 0.25) is 5.02 Å². The number of pyridine rings is 1. The molecule has 2 aromatic heterocycles. The molecular weight excluding hydrogens is 258 g/mol. The second-order valence-electron chi connectivity index (χ2n) is 3.61. The Balaban J connectivity index is 2.10. The summed E-state index contributed by atoms with van der Waals surface area (Å²) >= 11 is 5.71. The molecule has 0 fully saturated rings. The zero-order valence-corrected chi connectivity index (χ0v) is 10.2. The van der Waals surface area contributed by atoms with Crippen molar-refractivity contribution >= 4 is 23.4 Å². The molecule has 94 valence electrons. The molecule has 0 radical (unpaired) electrons. The van der Waals surface area contributed by atoms with E-state index in [2.05, 4.69) is 15.5 Å². The number of carbonyl (C=O) groups is 1. The lowest BCUT2D eigenvalue weighted by atomic mass is 10.3. The molecule has 0 aliphatic heterocycles. The number of nitrogens with one attached hydrogen (secondary N) is 1. The van der Waals surface area contributed by atoms with Crippen molar-refractivity contribution in [2.75, 3.05) is 5.32 Å². The van der Waals surface area contributed by atoms with Gasteiger partial charge in [0, 0.05) is 6.07 Å². The van der Waals surface area contributed by atoms with Crippen LogP contribution in [-0.2, 0) is 6.54 Å². The Hall–Kier alpha value is -2.08. The van der Waals surface area contributed by atoms with Crippen molar-refractivity contribution in [1.29, 1.82) is 0 Å². The van der Waals surface area contributed by atoms with Gasteiger partial charge in [-0.1, -0.05) is 16.8 Å². The van der Waals surface area contributed by atoms with E-state index in [0.29, 0.717) is 23.8 Å². The number of aromatic carboxylic acids is 1. The summed E-state index contributed by atoms with van der Waals surface area (Å²) in [5.41, 5.74) is 0.527. The van der Waals surface area contributed by atoms with Gasteiger partial charge in [0.25, 0.3) is 0 Å². The minimum Gasteiger partial charge on any atom is -0.476 e. The molecule has 0 amide bonds. The summed E-state index contributed by atoms with van der Waals surface area (Å²) in [6.45, 7) is 2.19. The zero-order valence-electron chi connectivity index (χ0n) is 9.48. The number of halogens is 1. The Bertz CT molecular complexity index is 583. The molecule has 0 aliphatic rings. The van der Waals surface area contributed by atoms with E-state index >= 15 is 0 Å². The lowest BCUT2D eigenvalue weighted by molar-refractivity contribution is 0.0691. The highest BCUT2D eigenvalue weighted by atomic mass is 35.5. The molecule has 2 rings (SSSR count). The van der Waals surface area contributed by atoms with E-state index in [9.17, 15) is 4.79 Å². The maximum Gasteiger partial charge on any atom is 0.356 e. The van der Waals surface area contributed by atoms with E-state index in [1.807, 2.05) is 0 Å². The van der Waals surface area contributed by atoms with Crippen molar-refractivity contribution in [3.8, 4) is 0 Å². The number of hydrogen-bond acceptors (Lipinski definition) is 5. The number of aryl methyl sites for hydroxylation is 1. The van der Waals surface area contributed by atoms with Crippen LogP contribution in [0.4, 0.5) is 5.82 Å². The van der Waals surface area contributed by atoms with E-state index in [4.69, 9.17) is 21.2 Å². The van der Waals surface area contributed by atoms with Gasteiger partial charge in [-0.25, -0.2) is 9.78 Å². The summed E-state index contributed by atoms with van der Waals surface area (Å²) in [5.74, 6) is -0.0412. The van der Waals surface area contributed by atoms with Crippen LogP contribution in [0.3, 0.4) is 0 Å². The van der Waals surface area contributed by atoms with Gasteiger partial charge >= 0.3 is 5.97 Å². The number of aromatic nitrogens is 2. The van der Waals surface area contributed by atoms with Gasteiger partial charge in [0.15, 0.2) is 5.69 Å². The molecule has 7 heteroatoms. The van der Waals surface area contributed by atoms with Gasteiger partial charge in [-0.05, 0) is 19.1 Å². The Morgan fingerprint density at radius 3 is 2.94 bits per heavy atom. The molecule has 6 nitrogen and oxygen atoms in total. The quantitative estimate of drug-likeness (QED) is 0.884. The van der Waals surface area contributed by atoms with Gasteiger partial charge in [-0.2, -0.15) is 0 Å². The largest absolute Gasteiger partial charge is 0.476 e. The van der Waals surface area contributed by atoms with Gasteiger partial charge < -0.3 is 14.9 Å². The van der Waals surface area contributed by atoms with Gasteiger partial charge in [-0.3, -0.25) is 0 Å².